The number of rotatable bonds is 4. The number of nitrogens with zero attached hydrogens (tertiary/aromatic N) is 2. The number of aliphatic hydroxyl groups is 1. The van der Waals surface area contributed by atoms with Crippen molar-refractivity contribution in [1.82, 2.24) is 5.43 Å². The van der Waals surface area contributed by atoms with E-state index in [1.165, 1.54) is 0 Å². The molecule has 1 aliphatic heterocycles. The predicted molar refractivity (Wildman–Crippen MR) is 34.6 cm³/mol. The van der Waals surface area contributed by atoms with Gasteiger partial charge in [0.15, 0.2) is 0 Å². The molecule has 0 aliphatic carbocycles. The second-order valence-corrected chi connectivity index (χ2v) is 2.05. The lowest BCUT2D eigenvalue weighted by Gasteiger charge is -2.06. The molecule has 5 nitrogen and oxygen atoms in total. The van der Waals surface area contributed by atoms with Gasteiger partial charge in [0.25, 0.3) is 0 Å². The van der Waals surface area contributed by atoms with Gasteiger partial charge in [0.1, 0.15) is 0 Å². The lowest BCUT2D eigenvalue weighted by molar-refractivity contribution is 0.0810. The van der Waals surface area contributed by atoms with Crippen LogP contribution in [0.5, 0.6) is 0 Å². The van der Waals surface area contributed by atoms with Crippen LogP contribution in [-0.2, 0) is 4.74 Å². The Hall–Kier alpha value is -0.680. The van der Waals surface area contributed by atoms with Crippen LogP contribution in [0.25, 0.3) is 0 Å². The third-order valence-corrected chi connectivity index (χ3v) is 1.17. The Bertz CT molecular complexity index is 109. The van der Waals surface area contributed by atoms with Crippen LogP contribution in [0.1, 0.15) is 0 Å². The van der Waals surface area contributed by atoms with Crippen molar-refractivity contribution in [1.29, 1.82) is 0 Å². The van der Waals surface area contributed by atoms with Gasteiger partial charge >= 0.3 is 0 Å². The molecule has 0 bridgehead atoms. The molecule has 0 radical (unpaired) electrons. The molecule has 1 atom stereocenters. The Morgan fingerprint density at radius 1 is 1.70 bits per heavy atom. The molecule has 58 valence electrons. The normalized spacial score (nSPS) is 23.1. The second-order valence-electron chi connectivity index (χ2n) is 2.05. The van der Waals surface area contributed by atoms with Gasteiger partial charge in [0.2, 0.25) is 0 Å². The van der Waals surface area contributed by atoms with E-state index in [2.05, 4.69) is 15.8 Å². The molecule has 0 aromatic carbocycles. The molecule has 0 saturated heterocycles. The zero-order valence-corrected chi connectivity index (χ0v) is 5.66. The molecule has 5 heteroatoms. The Morgan fingerprint density at radius 2 is 2.60 bits per heavy atom. The number of aliphatic hydroxyl groups excluding tert-OH is 1. The molecular formula is C5H11N3O2. The van der Waals surface area contributed by atoms with Gasteiger partial charge in [-0.1, -0.05) is 5.22 Å². The summed E-state index contributed by atoms with van der Waals surface area (Å²) in [5.41, 5.74) is 2.77. The van der Waals surface area contributed by atoms with Crippen molar-refractivity contribution in [3.8, 4) is 0 Å². The van der Waals surface area contributed by atoms with Crippen LogP contribution in [0.3, 0.4) is 0 Å². The maximum absolute atomic E-state index is 8.35. The first kappa shape index (κ1) is 7.43. The molecule has 0 saturated carbocycles. The molecule has 0 amide bonds. The molecule has 0 spiro atoms. The maximum atomic E-state index is 8.35. The van der Waals surface area contributed by atoms with E-state index < -0.39 is 0 Å². The minimum absolute atomic E-state index is 0.0704. The minimum Gasteiger partial charge on any atom is -0.394 e. The highest BCUT2D eigenvalue weighted by Crippen LogP contribution is 1.94. The standard InChI is InChI=1S/C5H11N3O2/c9-1-2-10-4-5-3-6-8-7-5/h5,9H,1-4H2,(H,6,7). The Labute approximate surface area is 59.1 Å². The first-order valence-corrected chi connectivity index (χ1v) is 3.24. The monoisotopic (exact) mass is 145 g/mol. The lowest BCUT2D eigenvalue weighted by Crippen LogP contribution is -2.28. The van der Waals surface area contributed by atoms with E-state index >= 15 is 0 Å². The summed E-state index contributed by atoms with van der Waals surface area (Å²) in [5, 5.41) is 15.6. The lowest BCUT2D eigenvalue weighted by atomic mass is 10.3. The fourth-order valence-corrected chi connectivity index (χ4v) is 0.683. The van der Waals surface area contributed by atoms with Gasteiger partial charge < -0.3 is 9.84 Å². The molecule has 0 fully saturated rings. The minimum atomic E-state index is 0.0704. The summed E-state index contributed by atoms with van der Waals surface area (Å²) in [6.45, 7) is 1.69. The third-order valence-electron chi connectivity index (χ3n) is 1.17. The van der Waals surface area contributed by atoms with Gasteiger partial charge in [-0.3, -0.25) is 5.43 Å². The van der Waals surface area contributed by atoms with Crippen LogP contribution in [0.2, 0.25) is 0 Å². The van der Waals surface area contributed by atoms with Crippen molar-refractivity contribution in [3.05, 3.63) is 0 Å². The SMILES string of the molecule is OCCOCC1CN=NN1. The second kappa shape index (κ2) is 4.19. The number of nitrogens with one attached hydrogen (secondary N) is 1. The molecule has 2 N–H and O–H groups in total. The van der Waals surface area contributed by atoms with Crippen molar-refractivity contribution >= 4 is 0 Å². The summed E-state index contributed by atoms with van der Waals surface area (Å²) >= 11 is 0. The Morgan fingerprint density at radius 3 is 3.20 bits per heavy atom. The average Bonchev–Trinajstić information content (AvgIpc) is 2.41. The molecule has 1 aliphatic rings. The molecule has 1 rings (SSSR count). The Balaban J connectivity index is 1.93. The van der Waals surface area contributed by atoms with Gasteiger partial charge in [0.05, 0.1) is 32.4 Å². The smallest absolute Gasteiger partial charge is 0.0904 e. The van der Waals surface area contributed by atoms with Gasteiger partial charge in [0, 0.05) is 0 Å². The van der Waals surface area contributed by atoms with Gasteiger partial charge in [-0.25, -0.2) is 0 Å². The highest BCUT2D eigenvalue weighted by Gasteiger charge is 2.10. The predicted octanol–water partition coefficient (Wildman–Crippen LogP) is -0.666. The first-order chi connectivity index (χ1) is 4.93. The highest BCUT2D eigenvalue weighted by atomic mass is 16.5. The summed E-state index contributed by atoms with van der Waals surface area (Å²) in [4.78, 5) is 0. The van der Waals surface area contributed by atoms with E-state index in [4.69, 9.17) is 9.84 Å². The third kappa shape index (κ3) is 2.28. The van der Waals surface area contributed by atoms with Gasteiger partial charge in [-0.15, -0.1) is 0 Å². The van der Waals surface area contributed by atoms with E-state index in [1.54, 1.807) is 0 Å². The van der Waals surface area contributed by atoms with E-state index in [9.17, 15) is 0 Å². The van der Waals surface area contributed by atoms with Gasteiger partial charge in [-0.2, -0.15) is 5.11 Å². The average molecular weight is 145 g/mol. The number of hydrogen-bond acceptors (Lipinski definition) is 5. The summed E-state index contributed by atoms with van der Waals surface area (Å²) in [6, 6.07) is 0.201. The fraction of sp³-hybridized carbons (Fsp3) is 1.00. The van der Waals surface area contributed by atoms with E-state index in [1.807, 2.05) is 0 Å². The van der Waals surface area contributed by atoms with E-state index in [0.717, 1.165) is 0 Å². The van der Waals surface area contributed by atoms with Crippen LogP contribution in [0.15, 0.2) is 10.3 Å². The van der Waals surface area contributed by atoms with Crippen LogP contribution >= 0.6 is 0 Å². The fourth-order valence-electron chi connectivity index (χ4n) is 0.683. The molecule has 1 heterocycles. The Kier molecular flexibility index (Phi) is 3.11. The van der Waals surface area contributed by atoms with Crippen LogP contribution in [0.4, 0.5) is 0 Å². The van der Waals surface area contributed by atoms with E-state index in [0.29, 0.717) is 19.8 Å². The number of hydrogen-bond donors (Lipinski definition) is 2. The van der Waals surface area contributed by atoms with Crippen molar-refractivity contribution < 1.29 is 9.84 Å². The highest BCUT2D eigenvalue weighted by molar-refractivity contribution is 4.68. The summed E-state index contributed by atoms with van der Waals surface area (Å²) in [6.07, 6.45) is 0. The quantitative estimate of drug-likeness (QED) is 0.516. The number of ether oxygens (including phenoxy) is 1. The zero-order chi connectivity index (χ0) is 7.23. The van der Waals surface area contributed by atoms with E-state index in [-0.39, 0.29) is 12.6 Å². The summed E-state index contributed by atoms with van der Waals surface area (Å²) in [7, 11) is 0. The molecule has 1 unspecified atom stereocenters. The molecule has 0 aromatic rings. The maximum Gasteiger partial charge on any atom is 0.0904 e. The molecular weight excluding hydrogens is 134 g/mol. The summed E-state index contributed by atoms with van der Waals surface area (Å²) < 4.78 is 5.03. The van der Waals surface area contributed by atoms with Crippen molar-refractivity contribution in [2.24, 2.45) is 10.3 Å². The first-order valence-electron chi connectivity index (χ1n) is 3.24. The zero-order valence-electron chi connectivity index (χ0n) is 5.66. The van der Waals surface area contributed by atoms with Crippen molar-refractivity contribution in [2.75, 3.05) is 26.4 Å². The van der Waals surface area contributed by atoms with Crippen LogP contribution in [-0.4, -0.2) is 37.5 Å². The molecule has 0 aromatic heterocycles. The van der Waals surface area contributed by atoms with Crippen molar-refractivity contribution in [2.45, 2.75) is 6.04 Å². The van der Waals surface area contributed by atoms with Gasteiger partial charge in [-0.05, 0) is 0 Å². The topological polar surface area (TPSA) is 66.2 Å². The van der Waals surface area contributed by atoms with Crippen molar-refractivity contribution in [3.63, 3.8) is 0 Å². The largest absolute Gasteiger partial charge is 0.394 e. The molecule has 10 heavy (non-hydrogen) atoms. The van der Waals surface area contributed by atoms with Crippen LogP contribution < -0.4 is 5.43 Å². The summed E-state index contributed by atoms with van der Waals surface area (Å²) in [5.74, 6) is 0. The van der Waals surface area contributed by atoms with Crippen LogP contribution in [0, 0.1) is 0 Å².